The number of aromatic amines is 1. The molecule has 0 aliphatic rings. The van der Waals surface area contributed by atoms with Gasteiger partial charge in [-0.15, -0.1) is 0 Å². The molecule has 0 fully saturated rings. The minimum atomic E-state index is -0.235. The van der Waals surface area contributed by atoms with Crippen molar-refractivity contribution in [3.05, 3.63) is 52.3 Å². The Labute approximate surface area is 127 Å². The van der Waals surface area contributed by atoms with Gasteiger partial charge in [-0.1, -0.05) is 27.7 Å². The summed E-state index contributed by atoms with van der Waals surface area (Å²) in [6.07, 6.45) is 0. The molecule has 0 saturated carbocycles. The molecule has 0 amide bonds. The van der Waals surface area contributed by atoms with E-state index in [2.05, 4.69) is 25.9 Å². The summed E-state index contributed by atoms with van der Waals surface area (Å²) in [5.41, 5.74) is 9.11. The number of nitrogens with zero attached hydrogens (tertiary/aromatic N) is 1. The Hall–Kier alpha value is -1.53. The Morgan fingerprint density at radius 3 is 2.95 bits per heavy atom. The van der Waals surface area contributed by atoms with Gasteiger partial charge in [0.05, 0.1) is 11.0 Å². The number of nitrogen functional groups attached to an aromatic ring is 1. The first-order valence-corrected chi connectivity index (χ1v) is 7.71. The van der Waals surface area contributed by atoms with Gasteiger partial charge < -0.3 is 10.7 Å². The van der Waals surface area contributed by atoms with Crippen LogP contribution in [0.5, 0.6) is 0 Å². The molecule has 0 radical (unpaired) electrons. The zero-order valence-corrected chi connectivity index (χ0v) is 12.8. The lowest BCUT2D eigenvalue weighted by atomic mass is 10.2. The molecule has 3 aromatic rings. The van der Waals surface area contributed by atoms with Crippen LogP contribution in [-0.4, -0.2) is 9.97 Å². The fraction of sp³-hybridized carbons (Fsp3) is 0.0714. The van der Waals surface area contributed by atoms with E-state index < -0.39 is 0 Å². The van der Waals surface area contributed by atoms with Crippen LogP contribution in [0.25, 0.3) is 11.0 Å². The quantitative estimate of drug-likeness (QED) is 0.545. The molecule has 102 valence electrons. The third kappa shape index (κ3) is 2.81. The van der Waals surface area contributed by atoms with E-state index in [4.69, 9.17) is 5.73 Å². The zero-order chi connectivity index (χ0) is 14.1. The lowest BCUT2D eigenvalue weighted by molar-refractivity contribution is 0.626. The van der Waals surface area contributed by atoms with Gasteiger partial charge in [-0.25, -0.2) is 9.37 Å². The van der Waals surface area contributed by atoms with Crippen molar-refractivity contribution >= 4 is 44.4 Å². The summed E-state index contributed by atoms with van der Waals surface area (Å²) in [5.74, 6) is 0.398. The van der Waals surface area contributed by atoms with Crippen LogP contribution in [-0.2, 0) is 5.75 Å². The summed E-state index contributed by atoms with van der Waals surface area (Å²) < 4.78 is 14.1. The van der Waals surface area contributed by atoms with Crippen molar-refractivity contribution in [1.29, 1.82) is 0 Å². The number of aromatic nitrogens is 2. The van der Waals surface area contributed by atoms with Crippen molar-refractivity contribution in [3.8, 4) is 0 Å². The minimum absolute atomic E-state index is 0.235. The Bertz CT molecular complexity index is 772. The van der Waals surface area contributed by atoms with Crippen LogP contribution in [0.2, 0.25) is 0 Å². The van der Waals surface area contributed by atoms with E-state index in [0.717, 1.165) is 26.2 Å². The highest BCUT2D eigenvalue weighted by molar-refractivity contribution is 9.10. The van der Waals surface area contributed by atoms with Crippen LogP contribution >= 0.6 is 27.7 Å². The van der Waals surface area contributed by atoms with Gasteiger partial charge >= 0.3 is 0 Å². The van der Waals surface area contributed by atoms with E-state index in [1.807, 2.05) is 18.2 Å². The van der Waals surface area contributed by atoms with E-state index >= 15 is 0 Å². The lowest BCUT2D eigenvalue weighted by Gasteiger charge is -2.02. The molecule has 0 aliphatic carbocycles. The Morgan fingerprint density at radius 2 is 2.10 bits per heavy atom. The number of benzene rings is 2. The topological polar surface area (TPSA) is 54.7 Å². The standard InChI is InChI=1S/C14H11BrFN3S/c15-11-3-1-9(16)5-8(11)7-20-14-18-12-4-2-10(17)6-13(12)19-14/h1-6H,7,17H2,(H,18,19). The summed E-state index contributed by atoms with van der Waals surface area (Å²) in [6.45, 7) is 0. The highest BCUT2D eigenvalue weighted by Gasteiger charge is 2.07. The molecule has 2 aromatic carbocycles. The first kappa shape index (κ1) is 13.5. The molecule has 0 unspecified atom stereocenters. The monoisotopic (exact) mass is 351 g/mol. The lowest BCUT2D eigenvalue weighted by Crippen LogP contribution is -1.86. The third-order valence-corrected chi connectivity index (χ3v) is 4.55. The molecule has 0 saturated heterocycles. The number of anilines is 1. The zero-order valence-electron chi connectivity index (χ0n) is 10.4. The van der Waals surface area contributed by atoms with Gasteiger partial charge in [-0.3, -0.25) is 0 Å². The first-order valence-electron chi connectivity index (χ1n) is 5.94. The first-order chi connectivity index (χ1) is 9.61. The smallest absolute Gasteiger partial charge is 0.166 e. The van der Waals surface area contributed by atoms with Crippen LogP contribution in [0.15, 0.2) is 46.0 Å². The molecule has 3 N–H and O–H groups in total. The van der Waals surface area contributed by atoms with E-state index in [1.54, 1.807) is 6.07 Å². The van der Waals surface area contributed by atoms with Crippen LogP contribution in [0.4, 0.5) is 10.1 Å². The number of nitrogens with one attached hydrogen (secondary N) is 1. The van der Waals surface area contributed by atoms with Crippen molar-refractivity contribution in [3.63, 3.8) is 0 Å². The number of fused-ring (bicyclic) bond motifs is 1. The van der Waals surface area contributed by atoms with Gasteiger partial charge in [0.1, 0.15) is 5.82 Å². The van der Waals surface area contributed by atoms with Crippen LogP contribution < -0.4 is 5.73 Å². The fourth-order valence-electron chi connectivity index (χ4n) is 1.87. The Morgan fingerprint density at radius 1 is 1.25 bits per heavy atom. The number of nitrogens with two attached hydrogens (primary N) is 1. The average molecular weight is 352 g/mol. The molecule has 20 heavy (non-hydrogen) atoms. The van der Waals surface area contributed by atoms with Crippen molar-refractivity contribution in [2.24, 2.45) is 0 Å². The molecule has 0 atom stereocenters. The predicted molar refractivity (Wildman–Crippen MR) is 84.2 cm³/mol. The van der Waals surface area contributed by atoms with E-state index in [-0.39, 0.29) is 5.82 Å². The van der Waals surface area contributed by atoms with Gasteiger partial charge in [0.2, 0.25) is 0 Å². The Balaban J connectivity index is 1.81. The second kappa shape index (κ2) is 5.46. The van der Waals surface area contributed by atoms with E-state index in [9.17, 15) is 4.39 Å². The number of imidazole rings is 1. The second-order valence-corrected chi connectivity index (χ2v) is 6.16. The molecule has 1 aromatic heterocycles. The molecule has 3 rings (SSSR count). The number of H-pyrrole nitrogens is 1. The van der Waals surface area contributed by atoms with E-state index in [1.165, 1.54) is 23.9 Å². The highest BCUT2D eigenvalue weighted by Crippen LogP contribution is 2.27. The van der Waals surface area contributed by atoms with Crippen molar-refractivity contribution < 1.29 is 4.39 Å². The maximum absolute atomic E-state index is 13.2. The number of halogens is 2. The largest absolute Gasteiger partial charge is 0.399 e. The van der Waals surface area contributed by atoms with E-state index in [0.29, 0.717) is 11.4 Å². The molecule has 3 nitrogen and oxygen atoms in total. The third-order valence-electron chi connectivity index (χ3n) is 2.86. The van der Waals surface area contributed by atoms with Gasteiger partial charge in [0, 0.05) is 15.9 Å². The molecule has 0 spiro atoms. The molecule has 0 bridgehead atoms. The van der Waals surface area contributed by atoms with Gasteiger partial charge in [0.15, 0.2) is 5.16 Å². The normalized spacial score (nSPS) is 11.1. The van der Waals surface area contributed by atoms with Gasteiger partial charge in [0.25, 0.3) is 0 Å². The molecular formula is C14H11BrFN3S. The summed E-state index contributed by atoms with van der Waals surface area (Å²) in [7, 11) is 0. The number of rotatable bonds is 3. The van der Waals surface area contributed by atoms with Gasteiger partial charge in [-0.2, -0.15) is 0 Å². The van der Waals surface area contributed by atoms with Crippen LogP contribution in [0.3, 0.4) is 0 Å². The molecule has 1 heterocycles. The van der Waals surface area contributed by atoms with Gasteiger partial charge in [-0.05, 0) is 42.0 Å². The van der Waals surface area contributed by atoms with Crippen molar-refractivity contribution in [2.75, 3.05) is 5.73 Å². The summed E-state index contributed by atoms with van der Waals surface area (Å²) >= 11 is 4.94. The molecule has 6 heteroatoms. The SMILES string of the molecule is Nc1ccc2nc(SCc3cc(F)ccc3Br)[nH]c2c1. The van der Waals surface area contributed by atoms with Crippen LogP contribution in [0, 0.1) is 5.82 Å². The highest BCUT2D eigenvalue weighted by atomic mass is 79.9. The second-order valence-electron chi connectivity index (χ2n) is 4.34. The van der Waals surface area contributed by atoms with Crippen molar-refractivity contribution in [2.45, 2.75) is 10.9 Å². The predicted octanol–water partition coefficient (Wildman–Crippen LogP) is 4.34. The molecular weight excluding hydrogens is 341 g/mol. The number of hydrogen-bond acceptors (Lipinski definition) is 3. The number of thioether (sulfide) groups is 1. The number of hydrogen-bond donors (Lipinski definition) is 2. The fourth-order valence-corrected chi connectivity index (χ4v) is 3.32. The summed E-state index contributed by atoms with van der Waals surface area (Å²) in [4.78, 5) is 7.67. The van der Waals surface area contributed by atoms with Crippen molar-refractivity contribution in [1.82, 2.24) is 9.97 Å². The average Bonchev–Trinajstić information content (AvgIpc) is 2.81. The maximum atomic E-state index is 13.2. The summed E-state index contributed by atoms with van der Waals surface area (Å²) in [5, 5.41) is 0.793. The van der Waals surface area contributed by atoms with Crippen LogP contribution in [0.1, 0.15) is 5.56 Å². The molecule has 0 aliphatic heterocycles. The Kier molecular flexibility index (Phi) is 3.67. The summed E-state index contributed by atoms with van der Waals surface area (Å²) in [6, 6.07) is 10.2. The minimum Gasteiger partial charge on any atom is -0.399 e. The maximum Gasteiger partial charge on any atom is 0.166 e.